The first kappa shape index (κ1) is 13.2. The summed E-state index contributed by atoms with van der Waals surface area (Å²) in [4.78, 5) is 0. The largest absolute Gasteiger partial charge is 0.396 e. The number of hydrazone groups is 1. The van der Waals surface area contributed by atoms with Crippen LogP contribution in [0.15, 0.2) is 16.5 Å². The Hall–Kier alpha value is -0.900. The second kappa shape index (κ2) is 6.63. The third-order valence-corrected chi connectivity index (χ3v) is 2.78. The Kier molecular flexibility index (Phi) is 5.46. The van der Waals surface area contributed by atoms with Gasteiger partial charge in [-0.15, -0.1) is 9.74 Å². The van der Waals surface area contributed by atoms with Crippen LogP contribution in [0.1, 0.15) is 52.4 Å². The molecule has 5 heteroatoms. The van der Waals surface area contributed by atoms with Crippen LogP contribution >= 0.6 is 11.8 Å². The third kappa shape index (κ3) is 3.59. The molecule has 1 heterocycles. The van der Waals surface area contributed by atoms with E-state index in [4.69, 9.17) is 17.5 Å². The van der Waals surface area contributed by atoms with Gasteiger partial charge in [0.2, 0.25) is 0 Å². The summed E-state index contributed by atoms with van der Waals surface area (Å²) in [6.45, 7) is 4.31. The summed E-state index contributed by atoms with van der Waals surface area (Å²) in [6.07, 6.45) is 6.29. The minimum atomic E-state index is 0.777. The molecule has 0 fully saturated rings. The summed E-state index contributed by atoms with van der Waals surface area (Å²) in [6, 6.07) is 0. The van der Waals surface area contributed by atoms with Crippen molar-refractivity contribution in [3.63, 3.8) is 0 Å². The van der Waals surface area contributed by atoms with Crippen molar-refractivity contribution in [2.45, 2.75) is 52.4 Å². The highest BCUT2D eigenvalue weighted by atomic mass is 35.5. The number of hydrogen-bond donors (Lipinski definition) is 2. The molecule has 1 aliphatic rings. The Bertz CT molecular complexity index is 286. The highest BCUT2D eigenvalue weighted by Gasteiger charge is 2.17. The molecule has 0 saturated carbocycles. The number of nitrogens with zero attached hydrogens (tertiary/aromatic N) is 2. The van der Waals surface area contributed by atoms with Gasteiger partial charge in [0.1, 0.15) is 0 Å². The lowest BCUT2D eigenvalue weighted by Gasteiger charge is -2.24. The predicted octanol–water partition coefficient (Wildman–Crippen LogP) is 2.87. The maximum absolute atomic E-state index is 6.07. The normalized spacial score (nSPS) is 16.2. The van der Waals surface area contributed by atoms with Crippen molar-refractivity contribution in [1.29, 1.82) is 0 Å². The van der Waals surface area contributed by atoms with Crippen molar-refractivity contribution in [2.75, 3.05) is 0 Å². The number of hydrazine groups is 1. The van der Waals surface area contributed by atoms with E-state index in [0.29, 0.717) is 0 Å². The highest BCUT2D eigenvalue weighted by Crippen LogP contribution is 2.17. The van der Waals surface area contributed by atoms with Crippen molar-refractivity contribution >= 4 is 17.5 Å². The molecule has 16 heavy (non-hydrogen) atoms. The summed E-state index contributed by atoms with van der Waals surface area (Å²) in [5.41, 5.74) is 11.7. The first-order valence-corrected chi connectivity index (χ1v) is 6.31. The zero-order chi connectivity index (χ0) is 12.0. The molecule has 0 aromatic carbocycles. The number of allylic oxidation sites excluding steroid dienone is 2. The Labute approximate surface area is 103 Å². The zero-order valence-electron chi connectivity index (χ0n) is 10.1. The molecule has 0 amide bonds. The SMILES string of the molecule is CCCCC1=NN(Cl)NC(CCCC)=C1N. The van der Waals surface area contributed by atoms with Crippen LogP contribution in [0.3, 0.4) is 0 Å². The summed E-state index contributed by atoms with van der Waals surface area (Å²) in [5, 5.41) is 4.18. The van der Waals surface area contributed by atoms with E-state index >= 15 is 0 Å². The lowest BCUT2D eigenvalue weighted by molar-refractivity contribution is 0.376. The topological polar surface area (TPSA) is 53.6 Å². The summed E-state index contributed by atoms with van der Waals surface area (Å²) >= 11 is 5.87. The van der Waals surface area contributed by atoms with Crippen LogP contribution in [0, 0.1) is 0 Å². The molecule has 92 valence electrons. The Morgan fingerprint density at radius 2 is 1.88 bits per heavy atom. The fraction of sp³-hybridized carbons (Fsp3) is 0.727. The number of hydrogen-bond acceptors (Lipinski definition) is 4. The minimum Gasteiger partial charge on any atom is -0.396 e. The fourth-order valence-electron chi connectivity index (χ4n) is 1.60. The average molecular weight is 245 g/mol. The van der Waals surface area contributed by atoms with Gasteiger partial charge in [0.05, 0.1) is 28.9 Å². The average Bonchev–Trinajstić information content (AvgIpc) is 2.28. The summed E-state index contributed by atoms with van der Waals surface area (Å²) in [5.74, 6) is 0. The molecule has 0 aromatic heterocycles. The number of rotatable bonds is 6. The molecule has 3 N–H and O–H groups in total. The van der Waals surface area contributed by atoms with Gasteiger partial charge >= 0.3 is 0 Å². The van der Waals surface area contributed by atoms with Gasteiger partial charge in [-0.1, -0.05) is 26.7 Å². The minimum absolute atomic E-state index is 0.777. The van der Waals surface area contributed by atoms with Crippen LogP contribution in [-0.2, 0) is 0 Å². The van der Waals surface area contributed by atoms with Gasteiger partial charge in [0.25, 0.3) is 0 Å². The zero-order valence-corrected chi connectivity index (χ0v) is 10.8. The Balaban J connectivity index is 2.69. The third-order valence-electron chi connectivity index (χ3n) is 2.62. The second-order valence-corrected chi connectivity index (χ2v) is 4.34. The summed E-state index contributed by atoms with van der Waals surface area (Å²) in [7, 11) is 0. The Morgan fingerprint density at radius 3 is 2.50 bits per heavy atom. The maximum Gasteiger partial charge on any atom is 0.0887 e. The number of nitrogens with one attached hydrogen (secondary N) is 1. The maximum atomic E-state index is 6.07. The molecule has 0 saturated heterocycles. The van der Waals surface area contributed by atoms with Crippen LogP contribution < -0.4 is 11.2 Å². The van der Waals surface area contributed by atoms with E-state index in [1.165, 1.54) is 4.64 Å². The van der Waals surface area contributed by atoms with E-state index in [-0.39, 0.29) is 0 Å². The van der Waals surface area contributed by atoms with Crippen LogP contribution in [-0.4, -0.2) is 10.3 Å². The van der Waals surface area contributed by atoms with Gasteiger partial charge in [-0.05, 0) is 25.7 Å². The molecule has 1 aliphatic heterocycles. The fourth-order valence-corrected chi connectivity index (χ4v) is 1.80. The van der Waals surface area contributed by atoms with Crippen LogP contribution in [0.5, 0.6) is 0 Å². The highest BCUT2D eigenvalue weighted by molar-refractivity contribution is 6.14. The summed E-state index contributed by atoms with van der Waals surface area (Å²) < 4.78 is 1.24. The van der Waals surface area contributed by atoms with Gasteiger partial charge < -0.3 is 5.73 Å². The van der Waals surface area contributed by atoms with Crippen LogP contribution in [0.25, 0.3) is 0 Å². The monoisotopic (exact) mass is 244 g/mol. The van der Waals surface area contributed by atoms with Gasteiger partial charge in [-0.2, -0.15) is 0 Å². The van der Waals surface area contributed by atoms with Crippen molar-refractivity contribution in [3.05, 3.63) is 11.4 Å². The molecular formula is C11H21ClN4. The van der Waals surface area contributed by atoms with Crippen molar-refractivity contribution in [1.82, 2.24) is 10.1 Å². The predicted molar refractivity (Wildman–Crippen MR) is 68.5 cm³/mol. The lowest BCUT2D eigenvalue weighted by atomic mass is 10.1. The number of nitrogens with two attached hydrogens (primary N) is 1. The van der Waals surface area contributed by atoms with E-state index in [2.05, 4.69) is 24.4 Å². The second-order valence-electron chi connectivity index (χ2n) is 4.02. The Morgan fingerprint density at radius 1 is 1.25 bits per heavy atom. The van der Waals surface area contributed by atoms with Crippen molar-refractivity contribution in [2.24, 2.45) is 10.8 Å². The molecule has 0 radical (unpaired) electrons. The van der Waals surface area contributed by atoms with E-state index < -0.39 is 0 Å². The van der Waals surface area contributed by atoms with Gasteiger partial charge in [0, 0.05) is 0 Å². The quantitative estimate of drug-likeness (QED) is 0.707. The standard InChI is InChI=1S/C11H21ClN4/c1-3-5-7-9-11(13)10(8-6-4-2)15-16(12)14-9/h14H,3-8,13H2,1-2H3. The molecule has 0 unspecified atom stereocenters. The molecule has 0 aliphatic carbocycles. The lowest BCUT2D eigenvalue weighted by Crippen LogP contribution is -2.35. The molecule has 4 nitrogen and oxygen atoms in total. The molecule has 0 atom stereocenters. The van der Waals surface area contributed by atoms with Crippen molar-refractivity contribution < 1.29 is 0 Å². The van der Waals surface area contributed by atoms with E-state index in [1.807, 2.05) is 0 Å². The van der Waals surface area contributed by atoms with Crippen LogP contribution in [0.4, 0.5) is 0 Å². The molecule has 0 spiro atoms. The molecule has 0 aromatic rings. The van der Waals surface area contributed by atoms with Gasteiger partial charge in [-0.25, -0.2) is 0 Å². The van der Waals surface area contributed by atoms with E-state index in [9.17, 15) is 0 Å². The molecular weight excluding hydrogens is 224 g/mol. The van der Waals surface area contributed by atoms with E-state index in [0.717, 1.165) is 55.6 Å². The van der Waals surface area contributed by atoms with Gasteiger partial charge in [0.15, 0.2) is 0 Å². The number of halogens is 1. The van der Waals surface area contributed by atoms with Gasteiger partial charge in [-0.3, -0.25) is 5.43 Å². The molecule has 0 bridgehead atoms. The van der Waals surface area contributed by atoms with Crippen molar-refractivity contribution in [3.8, 4) is 0 Å². The van der Waals surface area contributed by atoms with E-state index in [1.54, 1.807) is 0 Å². The first-order valence-electron chi connectivity index (χ1n) is 5.98. The number of unbranched alkanes of at least 4 members (excludes halogenated alkanes) is 2. The van der Waals surface area contributed by atoms with Crippen LogP contribution in [0.2, 0.25) is 0 Å². The molecule has 1 rings (SSSR count). The smallest absolute Gasteiger partial charge is 0.0887 e. The first-order chi connectivity index (χ1) is 7.69.